The zero-order chi connectivity index (χ0) is 14.3. The van der Waals surface area contributed by atoms with Crippen LogP contribution in [0.1, 0.15) is 52.6 Å². The van der Waals surface area contributed by atoms with E-state index in [1.165, 1.54) is 5.56 Å². The summed E-state index contributed by atoms with van der Waals surface area (Å²) in [5, 5.41) is 3.57. The molecule has 0 aromatic carbocycles. The van der Waals surface area contributed by atoms with E-state index >= 15 is 0 Å². The minimum atomic E-state index is 0.336. The standard InChI is InChI=1S/C16H28N2O/c1-6-8-19-15-9-14(10-17-11-15)16(18-7-2)13(5)12(3)4/h9-13,16,18H,6-8H2,1-5H3. The molecule has 0 saturated heterocycles. The topological polar surface area (TPSA) is 34.1 Å². The number of hydrogen-bond donors (Lipinski definition) is 1. The fourth-order valence-electron chi connectivity index (χ4n) is 2.12. The number of hydrogen-bond acceptors (Lipinski definition) is 3. The first-order valence-corrected chi connectivity index (χ1v) is 7.41. The van der Waals surface area contributed by atoms with Gasteiger partial charge >= 0.3 is 0 Å². The number of nitrogens with zero attached hydrogens (tertiary/aromatic N) is 1. The predicted octanol–water partition coefficient (Wildman–Crippen LogP) is 3.81. The predicted molar refractivity (Wildman–Crippen MR) is 80.4 cm³/mol. The highest BCUT2D eigenvalue weighted by Gasteiger charge is 2.21. The van der Waals surface area contributed by atoms with Gasteiger partial charge in [-0.3, -0.25) is 4.98 Å². The van der Waals surface area contributed by atoms with E-state index in [9.17, 15) is 0 Å². The van der Waals surface area contributed by atoms with Crippen molar-refractivity contribution in [3.63, 3.8) is 0 Å². The largest absolute Gasteiger partial charge is 0.492 e. The molecule has 1 aromatic rings. The number of pyridine rings is 1. The van der Waals surface area contributed by atoms with E-state index in [2.05, 4.69) is 51.0 Å². The third-order valence-electron chi connectivity index (χ3n) is 3.57. The molecule has 1 heterocycles. The Labute approximate surface area is 117 Å². The van der Waals surface area contributed by atoms with Crippen LogP contribution in [-0.4, -0.2) is 18.1 Å². The van der Waals surface area contributed by atoms with Crippen molar-refractivity contribution in [1.29, 1.82) is 0 Å². The van der Waals surface area contributed by atoms with Gasteiger partial charge in [-0.1, -0.05) is 34.6 Å². The van der Waals surface area contributed by atoms with Crippen molar-refractivity contribution >= 4 is 0 Å². The summed E-state index contributed by atoms with van der Waals surface area (Å²) in [5.74, 6) is 2.06. The summed E-state index contributed by atoms with van der Waals surface area (Å²) >= 11 is 0. The van der Waals surface area contributed by atoms with Gasteiger partial charge < -0.3 is 10.1 Å². The summed E-state index contributed by atoms with van der Waals surface area (Å²) in [6.07, 6.45) is 4.76. The number of ether oxygens (including phenoxy) is 1. The minimum Gasteiger partial charge on any atom is -0.492 e. The molecule has 0 aliphatic carbocycles. The quantitative estimate of drug-likeness (QED) is 0.775. The van der Waals surface area contributed by atoms with Crippen molar-refractivity contribution < 1.29 is 4.74 Å². The van der Waals surface area contributed by atoms with Gasteiger partial charge in [0, 0.05) is 12.2 Å². The lowest BCUT2D eigenvalue weighted by molar-refractivity contribution is 0.299. The fraction of sp³-hybridized carbons (Fsp3) is 0.688. The molecule has 0 fully saturated rings. The van der Waals surface area contributed by atoms with E-state index in [-0.39, 0.29) is 0 Å². The molecule has 0 radical (unpaired) electrons. The zero-order valence-corrected chi connectivity index (χ0v) is 12.9. The summed E-state index contributed by atoms with van der Waals surface area (Å²) in [6, 6.07) is 2.46. The summed E-state index contributed by atoms with van der Waals surface area (Å²) in [7, 11) is 0. The second kappa shape index (κ2) is 8.16. The third kappa shape index (κ3) is 4.83. The summed E-state index contributed by atoms with van der Waals surface area (Å²) in [5.41, 5.74) is 1.22. The fourth-order valence-corrected chi connectivity index (χ4v) is 2.12. The maximum Gasteiger partial charge on any atom is 0.137 e. The minimum absolute atomic E-state index is 0.336. The first-order chi connectivity index (χ1) is 9.10. The molecule has 3 heteroatoms. The van der Waals surface area contributed by atoms with Crippen molar-refractivity contribution in [2.45, 2.75) is 47.1 Å². The second-order valence-corrected chi connectivity index (χ2v) is 5.44. The molecule has 2 unspecified atom stereocenters. The smallest absolute Gasteiger partial charge is 0.137 e. The average molecular weight is 264 g/mol. The van der Waals surface area contributed by atoms with Gasteiger partial charge in [0.15, 0.2) is 0 Å². The highest BCUT2D eigenvalue weighted by molar-refractivity contribution is 5.26. The molecular formula is C16H28N2O. The summed E-state index contributed by atoms with van der Waals surface area (Å²) in [4.78, 5) is 4.32. The van der Waals surface area contributed by atoms with Crippen molar-refractivity contribution in [3.05, 3.63) is 24.0 Å². The van der Waals surface area contributed by atoms with Crippen LogP contribution in [0.15, 0.2) is 18.5 Å². The lowest BCUT2D eigenvalue weighted by Crippen LogP contribution is -2.29. The van der Waals surface area contributed by atoms with Crippen LogP contribution in [-0.2, 0) is 0 Å². The van der Waals surface area contributed by atoms with Gasteiger partial charge in [-0.15, -0.1) is 0 Å². The Hall–Kier alpha value is -1.09. The lowest BCUT2D eigenvalue weighted by atomic mass is 9.86. The van der Waals surface area contributed by atoms with Crippen LogP contribution < -0.4 is 10.1 Å². The van der Waals surface area contributed by atoms with Gasteiger partial charge in [-0.05, 0) is 36.4 Å². The van der Waals surface area contributed by atoms with E-state index in [4.69, 9.17) is 4.74 Å². The van der Waals surface area contributed by atoms with Crippen molar-refractivity contribution in [3.8, 4) is 5.75 Å². The Morgan fingerprint density at radius 3 is 2.53 bits per heavy atom. The average Bonchev–Trinajstić information content (AvgIpc) is 2.42. The molecule has 3 nitrogen and oxygen atoms in total. The van der Waals surface area contributed by atoms with E-state index in [0.29, 0.717) is 17.9 Å². The highest BCUT2D eigenvalue weighted by atomic mass is 16.5. The number of nitrogens with one attached hydrogen (secondary N) is 1. The molecule has 0 aliphatic rings. The van der Waals surface area contributed by atoms with Gasteiger partial charge in [0.05, 0.1) is 12.8 Å². The van der Waals surface area contributed by atoms with Crippen molar-refractivity contribution in [2.75, 3.05) is 13.2 Å². The second-order valence-electron chi connectivity index (χ2n) is 5.44. The Bertz CT molecular complexity index is 366. The molecule has 108 valence electrons. The van der Waals surface area contributed by atoms with Crippen LogP contribution >= 0.6 is 0 Å². The zero-order valence-electron chi connectivity index (χ0n) is 12.9. The van der Waals surface area contributed by atoms with Crippen molar-refractivity contribution in [2.24, 2.45) is 11.8 Å². The molecular weight excluding hydrogens is 236 g/mol. The summed E-state index contributed by atoms with van der Waals surface area (Å²) < 4.78 is 5.67. The molecule has 0 spiro atoms. The molecule has 0 saturated carbocycles. The van der Waals surface area contributed by atoms with Crippen LogP contribution in [0.5, 0.6) is 5.75 Å². The van der Waals surface area contributed by atoms with Gasteiger partial charge in [0.25, 0.3) is 0 Å². The monoisotopic (exact) mass is 264 g/mol. The van der Waals surface area contributed by atoms with Gasteiger partial charge in [-0.2, -0.15) is 0 Å². The molecule has 1 N–H and O–H groups in total. The molecule has 0 amide bonds. The third-order valence-corrected chi connectivity index (χ3v) is 3.57. The molecule has 1 aromatic heterocycles. The number of aromatic nitrogens is 1. The maximum atomic E-state index is 5.67. The molecule has 2 atom stereocenters. The first-order valence-electron chi connectivity index (χ1n) is 7.41. The Balaban J connectivity index is 2.89. The van der Waals surface area contributed by atoms with E-state index in [1.54, 1.807) is 6.20 Å². The van der Waals surface area contributed by atoms with E-state index in [1.807, 2.05) is 6.20 Å². The van der Waals surface area contributed by atoms with E-state index in [0.717, 1.165) is 25.3 Å². The molecule has 0 aliphatic heterocycles. The highest BCUT2D eigenvalue weighted by Crippen LogP contribution is 2.29. The Morgan fingerprint density at radius 2 is 1.95 bits per heavy atom. The maximum absolute atomic E-state index is 5.67. The van der Waals surface area contributed by atoms with Crippen LogP contribution in [0.25, 0.3) is 0 Å². The SMILES string of the molecule is CCCOc1cncc(C(NCC)C(C)C(C)C)c1. The van der Waals surface area contributed by atoms with E-state index < -0.39 is 0 Å². The van der Waals surface area contributed by atoms with Crippen LogP contribution in [0.3, 0.4) is 0 Å². The molecule has 0 bridgehead atoms. The first kappa shape index (κ1) is 16.0. The molecule has 1 rings (SSSR count). The van der Waals surface area contributed by atoms with Crippen LogP contribution in [0.4, 0.5) is 0 Å². The Morgan fingerprint density at radius 1 is 1.21 bits per heavy atom. The van der Waals surface area contributed by atoms with Crippen LogP contribution in [0.2, 0.25) is 0 Å². The van der Waals surface area contributed by atoms with Crippen LogP contribution in [0, 0.1) is 11.8 Å². The summed E-state index contributed by atoms with van der Waals surface area (Å²) in [6.45, 7) is 12.8. The lowest BCUT2D eigenvalue weighted by Gasteiger charge is -2.28. The van der Waals surface area contributed by atoms with Crippen molar-refractivity contribution in [1.82, 2.24) is 10.3 Å². The van der Waals surface area contributed by atoms with Gasteiger partial charge in [0.1, 0.15) is 5.75 Å². The Kier molecular flexibility index (Phi) is 6.85. The van der Waals surface area contributed by atoms with Gasteiger partial charge in [0.2, 0.25) is 0 Å². The molecule has 19 heavy (non-hydrogen) atoms. The van der Waals surface area contributed by atoms with Gasteiger partial charge in [-0.25, -0.2) is 0 Å². The number of rotatable bonds is 8. The normalized spacial score (nSPS) is 14.4.